The largest absolute Gasteiger partial charge is 0.469 e. The number of thioether (sulfide) groups is 1. The van der Waals surface area contributed by atoms with Gasteiger partial charge in [-0.15, -0.1) is 11.3 Å². The number of methoxy groups -OCH3 is 1. The van der Waals surface area contributed by atoms with Gasteiger partial charge in [0.25, 0.3) is 0 Å². The van der Waals surface area contributed by atoms with Gasteiger partial charge in [-0.05, 0) is 34.8 Å². The summed E-state index contributed by atoms with van der Waals surface area (Å²) in [5.41, 5.74) is 0. The molecule has 22 heavy (non-hydrogen) atoms. The molecule has 2 saturated heterocycles. The zero-order valence-corrected chi connectivity index (χ0v) is 15.7. The molecule has 0 bridgehead atoms. The fraction of sp³-hybridized carbons (Fsp3) is 0.500. The average molecular weight is 447 g/mol. The summed E-state index contributed by atoms with van der Waals surface area (Å²) in [7, 11) is 1.48. The highest BCUT2D eigenvalue weighted by Gasteiger charge is 2.56. The van der Waals surface area contributed by atoms with Crippen LogP contribution in [0.4, 0.5) is 5.82 Å². The Hall–Kier alpha value is -0.610. The molecule has 0 radical (unpaired) electrons. The molecule has 4 heterocycles. The zero-order chi connectivity index (χ0) is 15.3. The quantitative estimate of drug-likeness (QED) is 0.522. The van der Waals surface area contributed by atoms with Gasteiger partial charge in [-0.1, -0.05) is 0 Å². The first-order valence-corrected chi connectivity index (χ1v) is 9.93. The van der Waals surface area contributed by atoms with Crippen molar-refractivity contribution < 1.29 is 9.53 Å². The first-order valence-electron chi connectivity index (χ1n) is 6.99. The van der Waals surface area contributed by atoms with Gasteiger partial charge in [-0.3, -0.25) is 4.79 Å². The van der Waals surface area contributed by atoms with Crippen LogP contribution in [0.2, 0.25) is 0 Å². The molecule has 1 atom stereocenters. The van der Waals surface area contributed by atoms with Crippen molar-refractivity contribution in [2.24, 2.45) is 5.92 Å². The third-order valence-corrected chi connectivity index (χ3v) is 8.16. The lowest BCUT2D eigenvalue weighted by atomic mass is 9.83. The molecule has 1 spiro atoms. The number of esters is 1. The maximum absolute atomic E-state index is 12.0. The van der Waals surface area contributed by atoms with Crippen LogP contribution >= 0.6 is 45.7 Å². The molecular weight excluding hydrogens is 433 g/mol. The summed E-state index contributed by atoms with van der Waals surface area (Å²) < 4.78 is 6.19. The van der Waals surface area contributed by atoms with E-state index in [-0.39, 0.29) is 16.6 Å². The number of thiophene rings is 1. The van der Waals surface area contributed by atoms with E-state index in [2.05, 4.69) is 42.8 Å². The minimum absolute atomic E-state index is 0.00578. The highest BCUT2D eigenvalue weighted by molar-refractivity contribution is 14.1. The van der Waals surface area contributed by atoms with Gasteiger partial charge >= 0.3 is 5.97 Å². The fourth-order valence-electron chi connectivity index (χ4n) is 3.35. The van der Waals surface area contributed by atoms with Gasteiger partial charge in [-0.25, -0.2) is 9.97 Å². The summed E-state index contributed by atoms with van der Waals surface area (Å²) in [6.07, 6.45) is 2.55. The van der Waals surface area contributed by atoms with Crippen molar-refractivity contribution in [2.45, 2.75) is 11.2 Å². The first kappa shape index (κ1) is 14.9. The van der Waals surface area contributed by atoms with Crippen LogP contribution in [0.5, 0.6) is 0 Å². The highest BCUT2D eigenvalue weighted by Crippen LogP contribution is 2.51. The number of hydrogen-bond donors (Lipinski definition) is 0. The molecule has 5 nitrogen and oxygen atoms in total. The summed E-state index contributed by atoms with van der Waals surface area (Å²) in [6.45, 7) is 1.71. The SMILES string of the molecule is COC(=O)C1CCSC12CN(c1ncnc3scc(I)c13)C2. The normalized spacial score (nSPS) is 23.0. The lowest BCUT2D eigenvalue weighted by Gasteiger charge is -2.50. The Morgan fingerprint density at radius 3 is 3.09 bits per heavy atom. The first-order chi connectivity index (χ1) is 10.6. The lowest BCUT2D eigenvalue weighted by molar-refractivity contribution is -0.146. The van der Waals surface area contributed by atoms with Crippen LogP contribution in [0, 0.1) is 9.49 Å². The molecule has 2 aromatic heterocycles. The van der Waals surface area contributed by atoms with E-state index in [1.807, 2.05) is 11.8 Å². The molecule has 2 aliphatic rings. The second-order valence-electron chi connectivity index (χ2n) is 5.59. The van der Waals surface area contributed by atoms with Crippen LogP contribution in [-0.2, 0) is 9.53 Å². The number of anilines is 1. The average Bonchev–Trinajstić information content (AvgIpc) is 3.09. The molecule has 2 aliphatic heterocycles. The molecule has 8 heteroatoms. The van der Waals surface area contributed by atoms with Crippen molar-refractivity contribution in [3.8, 4) is 0 Å². The second kappa shape index (κ2) is 5.48. The van der Waals surface area contributed by atoms with E-state index in [1.165, 1.54) is 10.7 Å². The van der Waals surface area contributed by atoms with E-state index < -0.39 is 0 Å². The summed E-state index contributed by atoms with van der Waals surface area (Å²) in [5.74, 6) is 1.97. The predicted molar refractivity (Wildman–Crippen MR) is 97.7 cm³/mol. The van der Waals surface area contributed by atoms with Crippen LogP contribution in [0.25, 0.3) is 10.2 Å². The van der Waals surface area contributed by atoms with Gasteiger partial charge in [0.2, 0.25) is 0 Å². The highest BCUT2D eigenvalue weighted by atomic mass is 127. The third kappa shape index (κ3) is 2.14. The molecule has 0 amide bonds. The Balaban J connectivity index is 1.62. The van der Waals surface area contributed by atoms with Gasteiger partial charge in [-0.2, -0.15) is 11.8 Å². The molecule has 4 rings (SSSR count). The van der Waals surface area contributed by atoms with Crippen molar-refractivity contribution in [3.05, 3.63) is 15.3 Å². The lowest BCUT2D eigenvalue weighted by Crippen LogP contribution is -2.63. The number of nitrogens with zero attached hydrogens (tertiary/aromatic N) is 3. The summed E-state index contributed by atoms with van der Waals surface area (Å²) in [5, 5.41) is 3.25. The van der Waals surface area contributed by atoms with E-state index in [0.717, 1.165) is 41.3 Å². The van der Waals surface area contributed by atoms with Crippen molar-refractivity contribution in [1.82, 2.24) is 9.97 Å². The number of fused-ring (bicyclic) bond motifs is 1. The monoisotopic (exact) mass is 447 g/mol. The van der Waals surface area contributed by atoms with Crippen LogP contribution in [0.3, 0.4) is 0 Å². The number of hydrogen-bond acceptors (Lipinski definition) is 7. The summed E-state index contributed by atoms with van der Waals surface area (Å²) in [4.78, 5) is 24.2. The third-order valence-electron chi connectivity index (χ3n) is 4.44. The number of carbonyl (C=O) groups is 1. The molecule has 0 saturated carbocycles. The van der Waals surface area contributed by atoms with Crippen LogP contribution < -0.4 is 4.90 Å². The Kier molecular flexibility index (Phi) is 3.73. The summed E-state index contributed by atoms with van der Waals surface area (Å²) in [6, 6.07) is 0. The van der Waals surface area contributed by atoms with E-state index in [1.54, 1.807) is 17.7 Å². The van der Waals surface area contributed by atoms with Crippen LogP contribution in [0.1, 0.15) is 6.42 Å². The van der Waals surface area contributed by atoms with Crippen molar-refractivity contribution in [1.29, 1.82) is 0 Å². The summed E-state index contributed by atoms with van der Waals surface area (Å²) >= 11 is 5.89. The van der Waals surface area contributed by atoms with Crippen molar-refractivity contribution >= 4 is 67.7 Å². The second-order valence-corrected chi connectivity index (χ2v) is 9.13. The molecule has 2 fully saturated rings. The number of rotatable bonds is 2. The minimum Gasteiger partial charge on any atom is -0.469 e. The molecule has 0 aromatic carbocycles. The minimum atomic E-state index is -0.0670. The van der Waals surface area contributed by atoms with Gasteiger partial charge in [0, 0.05) is 22.0 Å². The van der Waals surface area contributed by atoms with Crippen molar-refractivity contribution in [3.63, 3.8) is 0 Å². The Morgan fingerprint density at radius 1 is 1.50 bits per heavy atom. The number of carbonyl (C=O) groups excluding carboxylic acids is 1. The molecule has 0 N–H and O–H groups in total. The van der Waals surface area contributed by atoms with E-state index in [9.17, 15) is 4.79 Å². The van der Waals surface area contributed by atoms with E-state index in [4.69, 9.17) is 4.74 Å². The topological polar surface area (TPSA) is 55.3 Å². The molecule has 0 aliphatic carbocycles. The fourth-order valence-corrected chi connectivity index (χ4v) is 6.84. The van der Waals surface area contributed by atoms with E-state index >= 15 is 0 Å². The molecular formula is C14H14IN3O2S2. The molecule has 2 aromatic rings. The maximum Gasteiger partial charge on any atom is 0.310 e. The van der Waals surface area contributed by atoms with Gasteiger partial charge in [0.15, 0.2) is 0 Å². The standard InChI is InChI=1S/C14H14IN3O2S2/c1-20-13(19)8-2-3-22-14(8)5-18(6-14)11-10-9(15)4-21-12(10)17-7-16-11/h4,7-8H,2-3,5-6H2,1H3. The Morgan fingerprint density at radius 2 is 2.32 bits per heavy atom. The van der Waals surface area contributed by atoms with Gasteiger partial charge in [0.1, 0.15) is 17.0 Å². The smallest absolute Gasteiger partial charge is 0.310 e. The zero-order valence-electron chi connectivity index (χ0n) is 11.9. The van der Waals surface area contributed by atoms with Crippen LogP contribution in [-0.4, -0.2) is 46.6 Å². The van der Waals surface area contributed by atoms with Gasteiger partial charge in [0.05, 0.1) is 23.2 Å². The Labute approximate surface area is 150 Å². The van der Waals surface area contributed by atoms with Gasteiger partial charge < -0.3 is 9.64 Å². The molecule has 116 valence electrons. The number of ether oxygens (including phenoxy) is 1. The van der Waals surface area contributed by atoms with E-state index in [0.29, 0.717) is 0 Å². The Bertz CT molecular complexity index is 745. The van der Waals surface area contributed by atoms with Crippen molar-refractivity contribution in [2.75, 3.05) is 30.9 Å². The van der Waals surface area contributed by atoms with Crippen LogP contribution in [0.15, 0.2) is 11.7 Å². The number of aromatic nitrogens is 2. The number of halogens is 1. The predicted octanol–water partition coefficient (Wildman–Crippen LogP) is 2.78. The maximum atomic E-state index is 12.0. The molecule has 1 unspecified atom stereocenters.